The molecular formula is C26H25ClN4O5S. The first-order valence-electron chi connectivity index (χ1n) is 11.3. The molecule has 1 amide bonds. The molecular weight excluding hydrogens is 516 g/mol. The van der Waals surface area contributed by atoms with Crippen molar-refractivity contribution in [3.8, 4) is 5.75 Å². The summed E-state index contributed by atoms with van der Waals surface area (Å²) < 4.78 is 38.8. The van der Waals surface area contributed by atoms with Gasteiger partial charge in [0.2, 0.25) is 0 Å². The first kappa shape index (κ1) is 26.2. The highest BCUT2D eigenvalue weighted by atomic mass is 35.5. The smallest absolute Gasteiger partial charge is 0.291 e. The highest BCUT2D eigenvalue weighted by Gasteiger charge is 2.17. The van der Waals surface area contributed by atoms with Gasteiger partial charge in [0.05, 0.1) is 4.90 Å². The molecule has 0 radical (unpaired) electrons. The van der Waals surface area contributed by atoms with E-state index in [0.29, 0.717) is 17.2 Å². The van der Waals surface area contributed by atoms with E-state index in [1.807, 2.05) is 24.3 Å². The maximum Gasteiger partial charge on any atom is 0.291 e. The van der Waals surface area contributed by atoms with Gasteiger partial charge in [-0.1, -0.05) is 44.5 Å². The quantitative estimate of drug-likeness (QED) is 0.296. The van der Waals surface area contributed by atoms with Gasteiger partial charge >= 0.3 is 0 Å². The Kier molecular flexibility index (Phi) is 7.51. The molecule has 4 rings (SSSR count). The van der Waals surface area contributed by atoms with Gasteiger partial charge in [0, 0.05) is 5.69 Å². The van der Waals surface area contributed by atoms with E-state index < -0.39 is 15.9 Å². The third kappa shape index (κ3) is 6.87. The maximum atomic E-state index is 12.6. The standard InChI is InChI=1S/C26H25ClN4O5S/c1-26(2,3)17-4-8-19(9-5-17)35-16-20-10-13-22(36-20)25(32)28-18-6-11-21(12-7-18)37(33,34)31-24-15-14-23(27)29-30-24/h4-15H,16H2,1-3H3,(H,28,32)(H,30,31). The van der Waals surface area contributed by atoms with Crippen molar-refractivity contribution in [3.63, 3.8) is 0 Å². The molecule has 0 unspecified atom stereocenters. The van der Waals surface area contributed by atoms with Gasteiger partial charge in [0.1, 0.15) is 18.1 Å². The van der Waals surface area contributed by atoms with Crippen LogP contribution in [0.5, 0.6) is 5.75 Å². The van der Waals surface area contributed by atoms with Crippen molar-refractivity contribution in [3.05, 3.63) is 95.0 Å². The second-order valence-electron chi connectivity index (χ2n) is 9.15. The number of hydrogen-bond acceptors (Lipinski definition) is 7. The van der Waals surface area contributed by atoms with Crippen molar-refractivity contribution in [1.82, 2.24) is 10.2 Å². The van der Waals surface area contributed by atoms with Crippen LogP contribution < -0.4 is 14.8 Å². The molecule has 2 aromatic carbocycles. The molecule has 0 fully saturated rings. The molecule has 4 aromatic rings. The molecule has 0 saturated heterocycles. The number of rotatable bonds is 8. The van der Waals surface area contributed by atoms with Gasteiger partial charge in [-0.25, -0.2) is 8.42 Å². The molecule has 0 bridgehead atoms. The molecule has 37 heavy (non-hydrogen) atoms. The van der Waals surface area contributed by atoms with Gasteiger partial charge < -0.3 is 14.5 Å². The number of nitrogens with zero attached hydrogens (tertiary/aromatic N) is 2. The predicted octanol–water partition coefficient (Wildman–Crippen LogP) is 5.65. The van der Waals surface area contributed by atoms with E-state index in [1.54, 1.807) is 12.1 Å². The number of aromatic nitrogens is 2. The molecule has 2 aromatic heterocycles. The minimum atomic E-state index is -3.90. The van der Waals surface area contributed by atoms with E-state index in [9.17, 15) is 13.2 Å². The summed E-state index contributed by atoms with van der Waals surface area (Å²) >= 11 is 5.66. The van der Waals surface area contributed by atoms with Crippen LogP contribution in [0.15, 0.2) is 82.1 Å². The number of ether oxygens (including phenoxy) is 1. The summed E-state index contributed by atoms with van der Waals surface area (Å²) in [5.74, 6) is 0.833. The number of benzene rings is 2. The first-order chi connectivity index (χ1) is 17.5. The van der Waals surface area contributed by atoms with Gasteiger partial charge in [0.25, 0.3) is 15.9 Å². The zero-order chi connectivity index (χ0) is 26.6. The van der Waals surface area contributed by atoms with Gasteiger partial charge in [-0.15, -0.1) is 10.2 Å². The van der Waals surface area contributed by atoms with Crippen LogP contribution in [0.3, 0.4) is 0 Å². The minimum absolute atomic E-state index is 0.0183. The normalized spacial score (nSPS) is 11.7. The van der Waals surface area contributed by atoms with Crippen LogP contribution in [0.4, 0.5) is 11.5 Å². The Morgan fingerprint density at radius 3 is 2.27 bits per heavy atom. The molecule has 0 aliphatic carbocycles. The van der Waals surface area contributed by atoms with Gasteiger partial charge in [0.15, 0.2) is 16.7 Å². The zero-order valence-electron chi connectivity index (χ0n) is 20.4. The Morgan fingerprint density at radius 2 is 1.65 bits per heavy atom. The van der Waals surface area contributed by atoms with Crippen LogP contribution in [0.25, 0.3) is 0 Å². The Bertz CT molecular complexity index is 1480. The fourth-order valence-electron chi connectivity index (χ4n) is 3.26. The number of halogens is 1. The molecule has 9 nitrogen and oxygen atoms in total. The van der Waals surface area contributed by atoms with E-state index in [-0.39, 0.29) is 33.6 Å². The fraction of sp³-hybridized carbons (Fsp3) is 0.192. The van der Waals surface area contributed by atoms with E-state index in [2.05, 4.69) is 41.0 Å². The van der Waals surface area contributed by atoms with Crippen molar-refractivity contribution in [2.24, 2.45) is 0 Å². The third-order valence-electron chi connectivity index (χ3n) is 5.28. The Labute approximate surface area is 219 Å². The van der Waals surface area contributed by atoms with E-state index in [1.165, 1.54) is 42.0 Å². The average molecular weight is 541 g/mol. The number of carbonyl (C=O) groups is 1. The summed E-state index contributed by atoms with van der Waals surface area (Å²) in [5, 5.41) is 10.1. The summed E-state index contributed by atoms with van der Waals surface area (Å²) in [7, 11) is -3.90. The van der Waals surface area contributed by atoms with Crippen LogP contribution in [0, 0.1) is 0 Å². The van der Waals surface area contributed by atoms with E-state index in [4.69, 9.17) is 20.8 Å². The van der Waals surface area contributed by atoms with Crippen LogP contribution >= 0.6 is 11.6 Å². The van der Waals surface area contributed by atoms with Crippen molar-refractivity contribution >= 4 is 39.0 Å². The van der Waals surface area contributed by atoms with E-state index >= 15 is 0 Å². The second kappa shape index (κ2) is 10.6. The summed E-state index contributed by atoms with van der Waals surface area (Å²) in [4.78, 5) is 12.6. The first-order valence-corrected chi connectivity index (χ1v) is 13.1. The molecule has 0 atom stereocenters. The highest BCUT2D eigenvalue weighted by Crippen LogP contribution is 2.25. The van der Waals surface area contributed by atoms with Crippen molar-refractivity contribution in [2.75, 3.05) is 10.0 Å². The lowest BCUT2D eigenvalue weighted by molar-refractivity contribution is 0.0992. The monoisotopic (exact) mass is 540 g/mol. The highest BCUT2D eigenvalue weighted by molar-refractivity contribution is 7.92. The van der Waals surface area contributed by atoms with Crippen LogP contribution in [0.2, 0.25) is 5.15 Å². The van der Waals surface area contributed by atoms with Crippen LogP contribution in [0.1, 0.15) is 42.6 Å². The molecule has 0 saturated carbocycles. The van der Waals surface area contributed by atoms with Crippen molar-refractivity contribution < 1.29 is 22.4 Å². The molecule has 0 aliphatic heterocycles. The van der Waals surface area contributed by atoms with Crippen molar-refractivity contribution in [1.29, 1.82) is 0 Å². The van der Waals surface area contributed by atoms with Gasteiger partial charge in [-0.3, -0.25) is 9.52 Å². The Balaban J connectivity index is 1.33. The number of amides is 1. The summed E-state index contributed by atoms with van der Waals surface area (Å²) in [5.41, 5.74) is 1.65. The zero-order valence-corrected chi connectivity index (χ0v) is 21.9. The Hall–Kier alpha value is -3.89. The lowest BCUT2D eigenvalue weighted by Gasteiger charge is -2.19. The van der Waals surface area contributed by atoms with Crippen LogP contribution in [-0.2, 0) is 22.0 Å². The lowest BCUT2D eigenvalue weighted by atomic mass is 9.87. The molecule has 192 valence electrons. The number of anilines is 2. The number of nitrogens with one attached hydrogen (secondary N) is 2. The predicted molar refractivity (Wildman–Crippen MR) is 140 cm³/mol. The molecule has 0 spiro atoms. The number of carbonyl (C=O) groups excluding carboxylic acids is 1. The topological polar surface area (TPSA) is 123 Å². The molecule has 11 heteroatoms. The van der Waals surface area contributed by atoms with Gasteiger partial charge in [-0.2, -0.15) is 0 Å². The Morgan fingerprint density at radius 1 is 0.946 bits per heavy atom. The fourth-order valence-corrected chi connectivity index (χ4v) is 4.36. The molecule has 0 aliphatic rings. The lowest BCUT2D eigenvalue weighted by Crippen LogP contribution is -2.15. The number of sulfonamides is 1. The second-order valence-corrected chi connectivity index (χ2v) is 11.2. The summed E-state index contributed by atoms with van der Waals surface area (Å²) in [6.07, 6.45) is 0. The summed E-state index contributed by atoms with van der Waals surface area (Å²) in [6, 6.07) is 19.5. The minimum Gasteiger partial charge on any atom is -0.486 e. The van der Waals surface area contributed by atoms with Crippen molar-refractivity contribution in [2.45, 2.75) is 37.7 Å². The van der Waals surface area contributed by atoms with E-state index in [0.717, 1.165) is 0 Å². The number of hydrogen-bond donors (Lipinski definition) is 2. The summed E-state index contributed by atoms with van der Waals surface area (Å²) in [6.45, 7) is 6.60. The largest absolute Gasteiger partial charge is 0.486 e. The van der Waals surface area contributed by atoms with Gasteiger partial charge in [-0.05, 0) is 71.6 Å². The molecule has 2 N–H and O–H groups in total. The molecule has 2 heterocycles. The average Bonchev–Trinajstić information content (AvgIpc) is 3.33. The maximum absolute atomic E-state index is 12.6. The van der Waals surface area contributed by atoms with Crippen LogP contribution in [-0.4, -0.2) is 24.5 Å². The third-order valence-corrected chi connectivity index (χ3v) is 6.85. The SMILES string of the molecule is CC(C)(C)c1ccc(OCc2ccc(C(=O)Nc3ccc(S(=O)(=O)Nc4ccc(Cl)nn4)cc3)o2)cc1. The number of furan rings is 1.